The molecule has 0 aromatic heterocycles. The van der Waals surface area contributed by atoms with Crippen molar-refractivity contribution in [3.05, 3.63) is 0 Å². The lowest BCUT2D eigenvalue weighted by atomic mass is 9.85. The van der Waals surface area contributed by atoms with E-state index in [4.69, 9.17) is 4.74 Å². The van der Waals surface area contributed by atoms with Crippen molar-refractivity contribution in [2.45, 2.75) is 38.6 Å². The van der Waals surface area contributed by atoms with E-state index in [2.05, 4.69) is 36.1 Å². The predicted octanol–water partition coefficient (Wildman–Crippen LogP) is 1.42. The lowest BCUT2D eigenvalue weighted by molar-refractivity contribution is 0.0708. The average Bonchev–Trinajstić information content (AvgIpc) is 2.88. The average molecular weight is 283 g/mol. The summed E-state index contributed by atoms with van der Waals surface area (Å²) in [6, 6.07) is 0.728. The van der Waals surface area contributed by atoms with Crippen molar-refractivity contribution in [1.82, 2.24) is 15.1 Å². The molecule has 0 bridgehead atoms. The van der Waals surface area contributed by atoms with Crippen LogP contribution in [0.3, 0.4) is 0 Å². The lowest BCUT2D eigenvalue weighted by Crippen LogP contribution is -2.51. The highest BCUT2D eigenvalue weighted by Gasteiger charge is 2.37. The first-order valence-electron chi connectivity index (χ1n) is 8.32. The largest absolute Gasteiger partial charge is 0.381 e. The van der Waals surface area contributed by atoms with Gasteiger partial charge in [-0.05, 0) is 52.9 Å². The molecule has 118 valence electrons. The molecule has 4 nitrogen and oxygen atoms in total. The minimum atomic E-state index is 0.351. The summed E-state index contributed by atoms with van der Waals surface area (Å²) in [7, 11) is 4.43. The minimum Gasteiger partial charge on any atom is -0.381 e. The van der Waals surface area contributed by atoms with E-state index in [1.54, 1.807) is 0 Å². The van der Waals surface area contributed by atoms with Gasteiger partial charge in [-0.3, -0.25) is 0 Å². The molecule has 0 radical (unpaired) electrons. The van der Waals surface area contributed by atoms with Crippen molar-refractivity contribution in [2.75, 3.05) is 60.0 Å². The van der Waals surface area contributed by atoms with Gasteiger partial charge < -0.3 is 19.9 Å². The zero-order valence-electron chi connectivity index (χ0n) is 13.7. The van der Waals surface area contributed by atoms with E-state index in [0.717, 1.165) is 32.3 Å². The molecule has 0 amide bonds. The lowest BCUT2D eigenvalue weighted by Gasteiger charge is -2.40. The maximum atomic E-state index is 5.73. The van der Waals surface area contributed by atoms with Gasteiger partial charge in [0, 0.05) is 37.7 Å². The van der Waals surface area contributed by atoms with Gasteiger partial charge in [0.1, 0.15) is 0 Å². The molecule has 2 heterocycles. The first-order chi connectivity index (χ1) is 9.65. The number of likely N-dealkylation sites (tertiary alicyclic amines) is 1. The van der Waals surface area contributed by atoms with Crippen molar-refractivity contribution in [1.29, 1.82) is 0 Å². The molecule has 1 N–H and O–H groups in total. The van der Waals surface area contributed by atoms with E-state index < -0.39 is 0 Å². The summed E-state index contributed by atoms with van der Waals surface area (Å²) in [4.78, 5) is 5.07. The van der Waals surface area contributed by atoms with Crippen LogP contribution in [-0.4, -0.2) is 75.9 Å². The van der Waals surface area contributed by atoms with Crippen molar-refractivity contribution in [3.8, 4) is 0 Å². The van der Waals surface area contributed by atoms with Gasteiger partial charge in [0.05, 0.1) is 6.61 Å². The Hall–Kier alpha value is -0.160. The smallest absolute Gasteiger partial charge is 0.0547 e. The molecule has 2 fully saturated rings. The summed E-state index contributed by atoms with van der Waals surface area (Å²) in [6.07, 6.45) is 5.11. The zero-order chi connectivity index (χ0) is 14.4. The normalized spacial score (nSPS) is 32.1. The van der Waals surface area contributed by atoms with E-state index >= 15 is 0 Å². The molecule has 0 aromatic carbocycles. The Morgan fingerprint density at radius 3 is 2.90 bits per heavy atom. The van der Waals surface area contributed by atoms with Crippen LogP contribution >= 0.6 is 0 Å². The molecule has 0 aromatic rings. The van der Waals surface area contributed by atoms with Crippen LogP contribution in [0.1, 0.15) is 32.6 Å². The summed E-state index contributed by atoms with van der Waals surface area (Å²) in [5.41, 5.74) is 0.351. The molecule has 20 heavy (non-hydrogen) atoms. The van der Waals surface area contributed by atoms with Crippen LogP contribution in [0.15, 0.2) is 0 Å². The fourth-order valence-corrected chi connectivity index (χ4v) is 3.57. The predicted molar refractivity (Wildman–Crippen MR) is 84.2 cm³/mol. The topological polar surface area (TPSA) is 27.7 Å². The molecule has 0 aliphatic carbocycles. The number of hydrogen-bond acceptors (Lipinski definition) is 4. The standard InChI is InChI=1S/C16H33N3O/c1-4-8-17-12-16(7-10-20-14-16)13-19-9-5-6-15(11-19)18(2)3/h15,17H,4-14H2,1-3H3. The van der Waals surface area contributed by atoms with Gasteiger partial charge >= 0.3 is 0 Å². The summed E-state index contributed by atoms with van der Waals surface area (Å²) in [5.74, 6) is 0. The maximum absolute atomic E-state index is 5.73. The molecule has 2 rings (SSSR count). The van der Waals surface area contributed by atoms with Gasteiger partial charge in [-0.15, -0.1) is 0 Å². The summed E-state index contributed by atoms with van der Waals surface area (Å²) in [6.45, 7) is 10.0. The second-order valence-electron chi connectivity index (χ2n) is 6.97. The Bertz CT molecular complexity index is 277. The number of likely N-dealkylation sites (N-methyl/N-ethyl adjacent to an activating group) is 1. The zero-order valence-corrected chi connectivity index (χ0v) is 13.7. The van der Waals surface area contributed by atoms with E-state index in [1.165, 1.54) is 45.3 Å². The summed E-state index contributed by atoms with van der Waals surface area (Å²) < 4.78 is 5.73. The Balaban J connectivity index is 1.87. The number of nitrogens with zero attached hydrogens (tertiary/aromatic N) is 2. The first-order valence-corrected chi connectivity index (χ1v) is 8.32. The molecular weight excluding hydrogens is 250 g/mol. The fraction of sp³-hybridized carbons (Fsp3) is 1.00. The van der Waals surface area contributed by atoms with Gasteiger partial charge in [0.2, 0.25) is 0 Å². The van der Waals surface area contributed by atoms with E-state index in [9.17, 15) is 0 Å². The van der Waals surface area contributed by atoms with Crippen molar-refractivity contribution >= 4 is 0 Å². The van der Waals surface area contributed by atoms with Gasteiger partial charge in [0.15, 0.2) is 0 Å². The van der Waals surface area contributed by atoms with Crippen LogP contribution in [-0.2, 0) is 4.74 Å². The second kappa shape index (κ2) is 7.74. The van der Waals surface area contributed by atoms with Crippen LogP contribution in [0.5, 0.6) is 0 Å². The van der Waals surface area contributed by atoms with E-state index in [0.29, 0.717) is 5.41 Å². The molecule has 2 aliphatic rings. The Morgan fingerprint density at radius 2 is 2.25 bits per heavy atom. The van der Waals surface area contributed by atoms with E-state index in [-0.39, 0.29) is 0 Å². The van der Waals surface area contributed by atoms with Crippen molar-refractivity contribution < 1.29 is 4.74 Å². The number of rotatable bonds is 7. The molecule has 4 heteroatoms. The number of hydrogen-bond donors (Lipinski definition) is 1. The fourth-order valence-electron chi connectivity index (χ4n) is 3.57. The Labute approximate surface area is 124 Å². The third kappa shape index (κ3) is 4.42. The SMILES string of the molecule is CCCNCC1(CN2CCCC(N(C)C)C2)CCOC1. The number of nitrogens with one attached hydrogen (secondary N) is 1. The van der Waals surface area contributed by atoms with Gasteiger partial charge in [0.25, 0.3) is 0 Å². The third-order valence-electron chi connectivity index (χ3n) is 4.88. The van der Waals surface area contributed by atoms with Crippen molar-refractivity contribution in [3.63, 3.8) is 0 Å². The van der Waals surface area contributed by atoms with Crippen molar-refractivity contribution in [2.24, 2.45) is 5.41 Å². The maximum Gasteiger partial charge on any atom is 0.0547 e. The monoisotopic (exact) mass is 283 g/mol. The molecule has 2 atom stereocenters. The number of piperidine rings is 1. The Morgan fingerprint density at radius 1 is 1.40 bits per heavy atom. The van der Waals surface area contributed by atoms with Crippen LogP contribution < -0.4 is 5.32 Å². The highest BCUT2D eigenvalue weighted by molar-refractivity contribution is 4.90. The number of ether oxygens (including phenoxy) is 1. The molecule has 2 unspecified atom stereocenters. The minimum absolute atomic E-state index is 0.351. The van der Waals surface area contributed by atoms with Crippen LogP contribution in [0, 0.1) is 5.41 Å². The summed E-state index contributed by atoms with van der Waals surface area (Å²) in [5, 5.41) is 3.62. The molecular formula is C16H33N3O. The third-order valence-corrected chi connectivity index (χ3v) is 4.88. The quantitative estimate of drug-likeness (QED) is 0.715. The van der Waals surface area contributed by atoms with E-state index in [1.807, 2.05) is 0 Å². The highest BCUT2D eigenvalue weighted by atomic mass is 16.5. The Kier molecular flexibility index (Phi) is 6.27. The molecule has 2 aliphatic heterocycles. The molecule has 2 saturated heterocycles. The van der Waals surface area contributed by atoms with Crippen LogP contribution in [0.4, 0.5) is 0 Å². The van der Waals surface area contributed by atoms with Gasteiger partial charge in [-0.1, -0.05) is 6.92 Å². The second-order valence-corrected chi connectivity index (χ2v) is 6.97. The highest BCUT2D eigenvalue weighted by Crippen LogP contribution is 2.30. The molecule has 0 spiro atoms. The summed E-state index contributed by atoms with van der Waals surface area (Å²) >= 11 is 0. The molecule has 0 saturated carbocycles. The van der Waals surface area contributed by atoms with Gasteiger partial charge in [-0.25, -0.2) is 0 Å². The van der Waals surface area contributed by atoms with Crippen LogP contribution in [0.2, 0.25) is 0 Å². The first kappa shape index (κ1) is 16.2. The van der Waals surface area contributed by atoms with Crippen LogP contribution in [0.25, 0.3) is 0 Å². The van der Waals surface area contributed by atoms with Gasteiger partial charge in [-0.2, -0.15) is 0 Å².